The van der Waals surface area contributed by atoms with E-state index in [-0.39, 0.29) is 12.5 Å². The fraction of sp³-hybridized carbons (Fsp3) is 0.500. The normalized spacial score (nSPS) is 12.2. The Morgan fingerprint density at radius 1 is 1.47 bits per heavy atom. The molecule has 1 rings (SSSR count). The highest BCUT2D eigenvalue weighted by molar-refractivity contribution is 7.14. The van der Waals surface area contributed by atoms with Crippen molar-refractivity contribution < 1.29 is 14.7 Å². The Labute approximate surface area is 105 Å². The molecule has 0 radical (unpaired) electrons. The number of carbonyl (C=O) groups excluding carboxylic acids is 1. The summed E-state index contributed by atoms with van der Waals surface area (Å²) in [5.41, 5.74) is 1.10. The van der Waals surface area contributed by atoms with Gasteiger partial charge in [0.2, 0.25) is 0 Å². The number of carbonyl (C=O) groups is 2. The summed E-state index contributed by atoms with van der Waals surface area (Å²) in [6, 6.07) is 1.85. The quantitative estimate of drug-likeness (QED) is 0.897. The van der Waals surface area contributed by atoms with Crippen molar-refractivity contribution in [1.82, 2.24) is 4.90 Å². The van der Waals surface area contributed by atoms with E-state index in [0.29, 0.717) is 4.88 Å². The molecule has 0 aliphatic rings. The predicted octanol–water partition coefficient (Wildman–Crippen LogP) is 2.16. The fourth-order valence-corrected chi connectivity index (χ4v) is 2.47. The largest absolute Gasteiger partial charge is 0.481 e. The molecule has 0 aromatic carbocycles. The number of amides is 1. The van der Waals surface area contributed by atoms with Crippen LogP contribution in [0.5, 0.6) is 0 Å². The molecule has 5 heteroatoms. The van der Waals surface area contributed by atoms with Gasteiger partial charge in [0.05, 0.1) is 10.8 Å². The van der Waals surface area contributed by atoms with Crippen molar-refractivity contribution in [2.45, 2.75) is 20.8 Å². The van der Waals surface area contributed by atoms with Crippen molar-refractivity contribution in [3.8, 4) is 0 Å². The first-order valence-corrected chi connectivity index (χ1v) is 6.20. The molecule has 1 atom stereocenters. The summed E-state index contributed by atoms with van der Waals surface area (Å²) in [5.74, 6) is -1.55. The maximum absolute atomic E-state index is 12.0. The molecule has 94 valence electrons. The molecule has 1 N–H and O–H groups in total. The van der Waals surface area contributed by atoms with E-state index < -0.39 is 11.9 Å². The Balaban J connectivity index is 2.73. The maximum atomic E-state index is 12.0. The van der Waals surface area contributed by atoms with Gasteiger partial charge in [0.1, 0.15) is 0 Å². The second-order valence-corrected chi connectivity index (χ2v) is 5.53. The first-order valence-electron chi connectivity index (χ1n) is 5.38. The van der Waals surface area contributed by atoms with E-state index in [0.717, 1.165) is 10.4 Å². The van der Waals surface area contributed by atoms with Crippen LogP contribution >= 0.6 is 11.3 Å². The molecule has 1 aromatic rings. The summed E-state index contributed by atoms with van der Waals surface area (Å²) in [5, 5.41) is 8.80. The minimum Gasteiger partial charge on any atom is -0.481 e. The van der Waals surface area contributed by atoms with E-state index in [1.165, 1.54) is 16.2 Å². The minimum absolute atomic E-state index is 0.112. The highest BCUT2D eigenvalue weighted by atomic mass is 32.1. The summed E-state index contributed by atoms with van der Waals surface area (Å²) in [4.78, 5) is 26.0. The molecular formula is C12H17NO3S. The molecule has 17 heavy (non-hydrogen) atoms. The lowest BCUT2D eigenvalue weighted by Gasteiger charge is -2.18. The summed E-state index contributed by atoms with van der Waals surface area (Å²) in [6.45, 7) is 5.75. The SMILES string of the molecule is Cc1cc(C(=O)N(C)CC(C)C(=O)O)sc1C. The Kier molecular flexibility index (Phi) is 4.28. The monoisotopic (exact) mass is 255 g/mol. The molecule has 1 unspecified atom stereocenters. The van der Waals surface area contributed by atoms with Crippen LogP contribution in [0.25, 0.3) is 0 Å². The number of aliphatic carboxylic acids is 1. The third-order valence-corrected chi connectivity index (χ3v) is 3.83. The number of rotatable bonds is 4. The molecule has 1 heterocycles. The van der Waals surface area contributed by atoms with Crippen LogP contribution in [0.15, 0.2) is 6.07 Å². The molecule has 0 saturated heterocycles. The zero-order valence-electron chi connectivity index (χ0n) is 10.5. The Bertz CT molecular complexity index is 419. The zero-order chi connectivity index (χ0) is 13.2. The second kappa shape index (κ2) is 5.31. The Hall–Kier alpha value is -1.36. The number of carboxylic acid groups (broad SMARTS) is 1. The lowest BCUT2D eigenvalue weighted by Crippen LogP contribution is -2.33. The van der Waals surface area contributed by atoms with Crippen molar-refractivity contribution in [2.75, 3.05) is 13.6 Å². The van der Waals surface area contributed by atoms with Crippen LogP contribution in [0.1, 0.15) is 27.0 Å². The molecule has 4 nitrogen and oxygen atoms in total. The highest BCUT2D eigenvalue weighted by Crippen LogP contribution is 2.21. The third-order valence-electron chi connectivity index (χ3n) is 2.69. The van der Waals surface area contributed by atoms with Gasteiger partial charge in [-0.05, 0) is 25.5 Å². The standard InChI is InChI=1S/C12H17NO3S/c1-7-5-10(17-9(7)3)11(14)13(4)6-8(2)12(15)16/h5,8H,6H2,1-4H3,(H,15,16). The highest BCUT2D eigenvalue weighted by Gasteiger charge is 2.20. The van der Waals surface area contributed by atoms with E-state index in [1.807, 2.05) is 19.9 Å². The van der Waals surface area contributed by atoms with Crippen LogP contribution in [-0.4, -0.2) is 35.5 Å². The Morgan fingerprint density at radius 3 is 2.47 bits per heavy atom. The minimum atomic E-state index is -0.886. The van der Waals surface area contributed by atoms with Gasteiger partial charge in [0, 0.05) is 18.5 Å². The van der Waals surface area contributed by atoms with Gasteiger partial charge in [-0.2, -0.15) is 0 Å². The number of nitrogens with zero attached hydrogens (tertiary/aromatic N) is 1. The molecule has 0 bridgehead atoms. The zero-order valence-corrected chi connectivity index (χ0v) is 11.3. The molecule has 0 spiro atoms. The smallest absolute Gasteiger partial charge is 0.308 e. The molecule has 0 fully saturated rings. The van der Waals surface area contributed by atoms with Gasteiger partial charge >= 0.3 is 5.97 Å². The number of carboxylic acids is 1. The van der Waals surface area contributed by atoms with E-state index >= 15 is 0 Å². The van der Waals surface area contributed by atoms with Crippen LogP contribution < -0.4 is 0 Å². The van der Waals surface area contributed by atoms with E-state index in [9.17, 15) is 9.59 Å². The van der Waals surface area contributed by atoms with Crippen molar-refractivity contribution in [2.24, 2.45) is 5.92 Å². The molecule has 1 amide bonds. The van der Waals surface area contributed by atoms with Gasteiger partial charge in [0.25, 0.3) is 5.91 Å². The predicted molar refractivity (Wildman–Crippen MR) is 67.6 cm³/mol. The van der Waals surface area contributed by atoms with E-state index in [1.54, 1.807) is 14.0 Å². The first kappa shape index (κ1) is 13.7. The summed E-state index contributed by atoms with van der Waals surface area (Å²) in [7, 11) is 1.63. The first-order chi connectivity index (χ1) is 7.82. The van der Waals surface area contributed by atoms with Gasteiger partial charge < -0.3 is 10.0 Å². The number of thiophene rings is 1. The summed E-state index contributed by atoms with van der Waals surface area (Å²) < 4.78 is 0. The molecular weight excluding hydrogens is 238 g/mol. The molecule has 0 aliphatic carbocycles. The summed E-state index contributed by atoms with van der Waals surface area (Å²) in [6.07, 6.45) is 0. The second-order valence-electron chi connectivity index (χ2n) is 4.27. The van der Waals surface area contributed by atoms with Gasteiger partial charge in [-0.1, -0.05) is 6.92 Å². The molecule has 0 saturated carbocycles. The average molecular weight is 255 g/mol. The van der Waals surface area contributed by atoms with Crippen molar-refractivity contribution >= 4 is 23.2 Å². The fourth-order valence-electron chi connectivity index (χ4n) is 1.44. The van der Waals surface area contributed by atoms with Gasteiger partial charge in [-0.3, -0.25) is 9.59 Å². The van der Waals surface area contributed by atoms with Gasteiger partial charge in [-0.25, -0.2) is 0 Å². The number of aryl methyl sites for hydroxylation is 2. The van der Waals surface area contributed by atoms with Crippen LogP contribution in [0.3, 0.4) is 0 Å². The van der Waals surface area contributed by atoms with Crippen molar-refractivity contribution in [1.29, 1.82) is 0 Å². The number of hydrogen-bond acceptors (Lipinski definition) is 3. The maximum Gasteiger partial charge on any atom is 0.308 e. The Morgan fingerprint density at radius 2 is 2.06 bits per heavy atom. The number of hydrogen-bond donors (Lipinski definition) is 1. The average Bonchev–Trinajstić information content (AvgIpc) is 2.57. The van der Waals surface area contributed by atoms with Crippen LogP contribution in [0.2, 0.25) is 0 Å². The van der Waals surface area contributed by atoms with E-state index in [4.69, 9.17) is 5.11 Å². The van der Waals surface area contributed by atoms with Crippen LogP contribution in [0.4, 0.5) is 0 Å². The van der Waals surface area contributed by atoms with Crippen molar-refractivity contribution in [3.05, 3.63) is 21.4 Å². The molecule has 1 aromatic heterocycles. The lowest BCUT2D eigenvalue weighted by molar-refractivity contribution is -0.141. The van der Waals surface area contributed by atoms with Gasteiger partial charge in [0.15, 0.2) is 0 Å². The topological polar surface area (TPSA) is 57.6 Å². The summed E-state index contributed by atoms with van der Waals surface area (Å²) >= 11 is 1.45. The molecule has 0 aliphatic heterocycles. The van der Waals surface area contributed by atoms with E-state index in [2.05, 4.69) is 0 Å². The van der Waals surface area contributed by atoms with Crippen molar-refractivity contribution in [3.63, 3.8) is 0 Å². The third kappa shape index (κ3) is 3.30. The van der Waals surface area contributed by atoms with Crippen LogP contribution in [-0.2, 0) is 4.79 Å². The van der Waals surface area contributed by atoms with Gasteiger partial charge in [-0.15, -0.1) is 11.3 Å². The lowest BCUT2D eigenvalue weighted by atomic mass is 10.1. The van der Waals surface area contributed by atoms with Crippen LogP contribution in [0, 0.1) is 19.8 Å².